The lowest BCUT2D eigenvalue weighted by molar-refractivity contribution is 0.0690. The van der Waals surface area contributed by atoms with Gasteiger partial charge in [0.25, 0.3) is 0 Å². The summed E-state index contributed by atoms with van der Waals surface area (Å²) in [6, 6.07) is 0. The molecule has 78 valence electrons. The van der Waals surface area contributed by atoms with Crippen LogP contribution in [0.2, 0.25) is 0 Å². The predicted octanol–water partition coefficient (Wildman–Crippen LogP) is 1.50. The van der Waals surface area contributed by atoms with Gasteiger partial charge in [-0.05, 0) is 0 Å². The van der Waals surface area contributed by atoms with Crippen LogP contribution in [0.1, 0.15) is 40.1 Å². The SMILES string of the molecule is CC(C)c1nc(C(=O)O)c(CCO)s1. The van der Waals surface area contributed by atoms with Crippen LogP contribution in [0.5, 0.6) is 0 Å². The van der Waals surface area contributed by atoms with Gasteiger partial charge in [-0.15, -0.1) is 11.3 Å². The number of aliphatic hydroxyl groups excluding tert-OH is 1. The number of thiazole rings is 1. The van der Waals surface area contributed by atoms with Crippen LogP contribution in [0.25, 0.3) is 0 Å². The molecule has 0 atom stereocenters. The zero-order valence-electron chi connectivity index (χ0n) is 8.15. The second kappa shape index (κ2) is 4.52. The third kappa shape index (κ3) is 2.30. The van der Waals surface area contributed by atoms with Crippen molar-refractivity contribution in [2.45, 2.75) is 26.2 Å². The molecule has 1 aromatic rings. The van der Waals surface area contributed by atoms with E-state index in [0.717, 1.165) is 5.01 Å². The van der Waals surface area contributed by atoms with Gasteiger partial charge in [0.2, 0.25) is 0 Å². The van der Waals surface area contributed by atoms with Crippen molar-refractivity contribution in [2.24, 2.45) is 0 Å². The standard InChI is InChI=1S/C9H13NO3S/c1-5(2)8-10-7(9(12)13)6(14-8)3-4-11/h5,11H,3-4H2,1-2H3,(H,12,13). The molecule has 0 saturated heterocycles. The van der Waals surface area contributed by atoms with Crippen molar-refractivity contribution >= 4 is 17.3 Å². The molecule has 0 aliphatic rings. The van der Waals surface area contributed by atoms with Crippen LogP contribution in [-0.2, 0) is 6.42 Å². The van der Waals surface area contributed by atoms with Crippen molar-refractivity contribution in [3.8, 4) is 0 Å². The molecule has 0 aromatic carbocycles. The average molecular weight is 215 g/mol. The van der Waals surface area contributed by atoms with E-state index in [0.29, 0.717) is 11.3 Å². The van der Waals surface area contributed by atoms with Gasteiger partial charge in [-0.25, -0.2) is 9.78 Å². The van der Waals surface area contributed by atoms with E-state index in [1.165, 1.54) is 11.3 Å². The minimum atomic E-state index is -1.02. The molecule has 14 heavy (non-hydrogen) atoms. The maximum atomic E-state index is 10.8. The summed E-state index contributed by atoms with van der Waals surface area (Å²) >= 11 is 1.37. The summed E-state index contributed by atoms with van der Waals surface area (Å²) < 4.78 is 0. The zero-order chi connectivity index (χ0) is 10.7. The number of aromatic carboxylic acids is 1. The maximum absolute atomic E-state index is 10.8. The zero-order valence-corrected chi connectivity index (χ0v) is 8.97. The van der Waals surface area contributed by atoms with Crippen molar-refractivity contribution in [3.63, 3.8) is 0 Å². The number of carbonyl (C=O) groups is 1. The van der Waals surface area contributed by atoms with Gasteiger partial charge in [0.15, 0.2) is 5.69 Å². The molecule has 1 heterocycles. The topological polar surface area (TPSA) is 70.4 Å². The first-order chi connectivity index (χ1) is 6.56. The molecule has 1 rings (SSSR count). The lowest BCUT2D eigenvalue weighted by Gasteiger charge is -1.95. The quantitative estimate of drug-likeness (QED) is 0.798. The van der Waals surface area contributed by atoms with Gasteiger partial charge in [0.05, 0.1) is 5.01 Å². The minimum absolute atomic E-state index is 0.0417. The van der Waals surface area contributed by atoms with E-state index >= 15 is 0 Å². The van der Waals surface area contributed by atoms with Gasteiger partial charge in [0.1, 0.15) is 0 Å². The van der Waals surface area contributed by atoms with Gasteiger partial charge >= 0.3 is 5.97 Å². The Morgan fingerprint density at radius 3 is 2.64 bits per heavy atom. The molecule has 0 saturated carbocycles. The molecule has 0 aliphatic carbocycles. The number of carboxylic acids is 1. The summed E-state index contributed by atoms with van der Waals surface area (Å²) in [4.78, 5) is 15.5. The molecule has 0 radical (unpaired) electrons. The Labute approximate surface area is 86.2 Å². The van der Waals surface area contributed by atoms with Crippen LogP contribution >= 0.6 is 11.3 Å². The van der Waals surface area contributed by atoms with Crippen LogP contribution in [0.15, 0.2) is 0 Å². The largest absolute Gasteiger partial charge is 0.476 e. The Morgan fingerprint density at radius 2 is 2.21 bits per heavy atom. The molecule has 0 bridgehead atoms. The Hall–Kier alpha value is -0.940. The summed E-state index contributed by atoms with van der Waals surface area (Å²) in [6.45, 7) is 3.89. The van der Waals surface area contributed by atoms with E-state index in [4.69, 9.17) is 10.2 Å². The smallest absolute Gasteiger partial charge is 0.355 e. The Bertz CT molecular complexity index is 333. The van der Waals surface area contributed by atoms with Gasteiger partial charge in [-0.1, -0.05) is 13.8 Å². The maximum Gasteiger partial charge on any atom is 0.355 e. The number of carboxylic acid groups (broad SMARTS) is 1. The van der Waals surface area contributed by atoms with E-state index in [9.17, 15) is 4.79 Å². The molecule has 5 heteroatoms. The highest BCUT2D eigenvalue weighted by Gasteiger charge is 2.17. The summed E-state index contributed by atoms with van der Waals surface area (Å²) in [5.74, 6) is -0.790. The first-order valence-corrected chi connectivity index (χ1v) is 5.21. The summed E-state index contributed by atoms with van der Waals surface area (Å²) in [5.41, 5.74) is 0.0905. The first kappa shape index (κ1) is 11.1. The van der Waals surface area contributed by atoms with E-state index in [1.54, 1.807) is 0 Å². The molecule has 0 amide bonds. The molecular weight excluding hydrogens is 202 g/mol. The minimum Gasteiger partial charge on any atom is -0.476 e. The van der Waals surface area contributed by atoms with E-state index in [1.807, 2.05) is 13.8 Å². The Kier molecular flexibility index (Phi) is 3.60. The van der Waals surface area contributed by atoms with Crippen molar-refractivity contribution < 1.29 is 15.0 Å². The number of hydrogen-bond acceptors (Lipinski definition) is 4. The molecule has 4 nitrogen and oxygen atoms in total. The van der Waals surface area contributed by atoms with Crippen LogP contribution in [0.3, 0.4) is 0 Å². The number of hydrogen-bond donors (Lipinski definition) is 2. The van der Waals surface area contributed by atoms with Gasteiger partial charge in [-0.2, -0.15) is 0 Å². The summed E-state index contributed by atoms with van der Waals surface area (Å²) in [7, 11) is 0. The lowest BCUT2D eigenvalue weighted by atomic mass is 10.2. The molecule has 0 fully saturated rings. The van der Waals surface area contributed by atoms with Crippen LogP contribution < -0.4 is 0 Å². The number of rotatable bonds is 4. The van der Waals surface area contributed by atoms with Crippen molar-refractivity contribution in [1.82, 2.24) is 4.98 Å². The fourth-order valence-corrected chi connectivity index (χ4v) is 2.10. The molecular formula is C9H13NO3S. The van der Waals surface area contributed by atoms with Crippen molar-refractivity contribution in [1.29, 1.82) is 0 Å². The van der Waals surface area contributed by atoms with Gasteiger partial charge in [0, 0.05) is 23.8 Å². The lowest BCUT2D eigenvalue weighted by Crippen LogP contribution is -2.02. The van der Waals surface area contributed by atoms with Crippen LogP contribution in [0.4, 0.5) is 0 Å². The fraction of sp³-hybridized carbons (Fsp3) is 0.556. The predicted molar refractivity (Wildman–Crippen MR) is 54.0 cm³/mol. The third-order valence-corrected chi connectivity index (χ3v) is 3.16. The molecule has 2 N–H and O–H groups in total. The van der Waals surface area contributed by atoms with Crippen LogP contribution in [0, 0.1) is 0 Å². The molecule has 1 aromatic heterocycles. The van der Waals surface area contributed by atoms with Crippen LogP contribution in [-0.4, -0.2) is 27.8 Å². The Balaban J connectivity index is 3.05. The van der Waals surface area contributed by atoms with Gasteiger partial charge in [-0.3, -0.25) is 0 Å². The van der Waals surface area contributed by atoms with E-state index in [2.05, 4.69) is 4.98 Å². The molecule has 0 unspecified atom stereocenters. The highest BCUT2D eigenvalue weighted by molar-refractivity contribution is 7.12. The average Bonchev–Trinajstić information content (AvgIpc) is 2.49. The number of aliphatic hydroxyl groups is 1. The highest BCUT2D eigenvalue weighted by atomic mass is 32.1. The van der Waals surface area contributed by atoms with Crippen molar-refractivity contribution in [2.75, 3.05) is 6.61 Å². The third-order valence-electron chi connectivity index (χ3n) is 1.75. The molecule has 0 aliphatic heterocycles. The number of aromatic nitrogens is 1. The Morgan fingerprint density at radius 1 is 1.57 bits per heavy atom. The number of nitrogens with zero attached hydrogens (tertiary/aromatic N) is 1. The highest BCUT2D eigenvalue weighted by Crippen LogP contribution is 2.25. The second-order valence-electron chi connectivity index (χ2n) is 3.26. The van der Waals surface area contributed by atoms with Gasteiger partial charge < -0.3 is 10.2 Å². The summed E-state index contributed by atoms with van der Waals surface area (Å²) in [5, 5.41) is 18.4. The first-order valence-electron chi connectivity index (χ1n) is 4.40. The molecule has 0 spiro atoms. The normalized spacial score (nSPS) is 10.9. The van der Waals surface area contributed by atoms with E-state index < -0.39 is 5.97 Å². The summed E-state index contributed by atoms with van der Waals surface area (Å²) in [6.07, 6.45) is 0.367. The fourth-order valence-electron chi connectivity index (χ4n) is 1.05. The van der Waals surface area contributed by atoms with E-state index in [-0.39, 0.29) is 18.2 Å². The second-order valence-corrected chi connectivity index (χ2v) is 4.37. The van der Waals surface area contributed by atoms with Crippen molar-refractivity contribution in [3.05, 3.63) is 15.6 Å². The monoisotopic (exact) mass is 215 g/mol.